The summed E-state index contributed by atoms with van der Waals surface area (Å²) in [6, 6.07) is 9.74. The Morgan fingerprint density at radius 1 is 1.33 bits per heavy atom. The first-order valence-electron chi connectivity index (χ1n) is 7.33. The lowest BCUT2D eigenvalue weighted by atomic mass is 9.98. The summed E-state index contributed by atoms with van der Waals surface area (Å²) in [6.07, 6.45) is 2.67. The van der Waals surface area contributed by atoms with E-state index in [9.17, 15) is 4.79 Å². The fraction of sp³-hybridized carbons (Fsp3) is 0.500. The predicted molar refractivity (Wildman–Crippen MR) is 89.2 cm³/mol. The quantitative estimate of drug-likeness (QED) is 0.513. The summed E-state index contributed by atoms with van der Waals surface area (Å²) in [5, 5.41) is 2.83. The molecular weight excluding hydrogens is 284 g/mol. The van der Waals surface area contributed by atoms with Crippen LogP contribution < -0.4 is 11.1 Å². The number of thiocarbonyl (C=S) groups is 1. The van der Waals surface area contributed by atoms with Crippen LogP contribution in [0, 0.1) is 5.92 Å². The lowest BCUT2D eigenvalue weighted by Gasteiger charge is -2.15. The normalized spacial score (nSPS) is 11.9. The molecule has 21 heavy (non-hydrogen) atoms. The van der Waals surface area contributed by atoms with E-state index in [-0.39, 0.29) is 10.9 Å². The lowest BCUT2D eigenvalue weighted by molar-refractivity contribution is -0.123. The second-order valence-electron chi connectivity index (χ2n) is 4.90. The number of unbranched alkanes of at least 4 members (excludes halogenated alkanes) is 1. The molecule has 1 aromatic rings. The fourth-order valence-electron chi connectivity index (χ4n) is 1.89. The third kappa shape index (κ3) is 7.20. The van der Waals surface area contributed by atoms with Crippen LogP contribution in [0.2, 0.25) is 0 Å². The average molecular weight is 308 g/mol. The maximum Gasteiger partial charge on any atom is 0.230 e. The Morgan fingerprint density at radius 3 is 2.67 bits per heavy atom. The van der Waals surface area contributed by atoms with Crippen LogP contribution in [0.25, 0.3) is 0 Å². The molecule has 0 fully saturated rings. The molecule has 4 nitrogen and oxygen atoms in total. The number of hydrogen-bond donors (Lipinski definition) is 2. The van der Waals surface area contributed by atoms with E-state index in [2.05, 4.69) is 12.2 Å². The summed E-state index contributed by atoms with van der Waals surface area (Å²) in [5.74, 6) is -0.608. The van der Waals surface area contributed by atoms with Crippen LogP contribution in [0.1, 0.15) is 25.3 Å². The van der Waals surface area contributed by atoms with Crippen molar-refractivity contribution in [3.8, 4) is 0 Å². The van der Waals surface area contributed by atoms with Gasteiger partial charge in [-0.3, -0.25) is 4.79 Å². The molecule has 1 atom stereocenters. The SMILES string of the molecule is CCCCOCCNC(=O)C(Cc1ccccc1)C(N)=S. The number of hydrogen-bond acceptors (Lipinski definition) is 3. The Bertz CT molecular complexity index is 437. The summed E-state index contributed by atoms with van der Waals surface area (Å²) in [6.45, 7) is 3.84. The molecule has 0 spiro atoms. The molecule has 0 saturated heterocycles. The van der Waals surface area contributed by atoms with E-state index in [0.29, 0.717) is 19.6 Å². The first-order chi connectivity index (χ1) is 10.1. The van der Waals surface area contributed by atoms with Crippen LogP contribution in [0.3, 0.4) is 0 Å². The zero-order valence-electron chi connectivity index (χ0n) is 12.5. The van der Waals surface area contributed by atoms with Crippen molar-refractivity contribution >= 4 is 23.1 Å². The molecule has 0 radical (unpaired) electrons. The number of carbonyl (C=O) groups excluding carboxylic acids is 1. The standard InChI is InChI=1S/C16H24N2O2S/c1-2-3-10-20-11-9-18-16(19)14(15(17)21)12-13-7-5-4-6-8-13/h4-8,14H,2-3,9-12H2,1H3,(H2,17,21)(H,18,19). The number of carbonyl (C=O) groups is 1. The zero-order valence-corrected chi connectivity index (χ0v) is 13.3. The number of nitrogens with two attached hydrogens (primary N) is 1. The topological polar surface area (TPSA) is 64.3 Å². The second kappa shape index (κ2) is 10.3. The molecule has 1 amide bonds. The summed E-state index contributed by atoms with van der Waals surface area (Å²) in [4.78, 5) is 12.4. The fourth-order valence-corrected chi connectivity index (χ4v) is 2.08. The molecule has 3 N–H and O–H groups in total. The highest BCUT2D eigenvalue weighted by molar-refractivity contribution is 7.80. The van der Waals surface area contributed by atoms with Gasteiger partial charge in [-0.15, -0.1) is 0 Å². The van der Waals surface area contributed by atoms with E-state index in [1.165, 1.54) is 0 Å². The largest absolute Gasteiger partial charge is 0.393 e. The first-order valence-corrected chi connectivity index (χ1v) is 7.74. The molecule has 1 unspecified atom stereocenters. The minimum atomic E-state index is -0.474. The molecule has 0 saturated carbocycles. The molecule has 0 aliphatic rings. The monoisotopic (exact) mass is 308 g/mol. The van der Waals surface area contributed by atoms with Gasteiger partial charge in [-0.2, -0.15) is 0 Å². The molecular formula is C16H24N2O2S. The van der Waals surface area contributed by atoms with Crippen molar-refractivity contribution < 1.29 is 9.53 Å². The Hall–Kier alpha value is -1.46. The van der Waals surface area contributed by atoms with Crippen LogP contribution in [0.15, 0.2) is 30.3 Å². The minimum Gasteiger partial charge on any atom is -0.393 e. The summed E-state index contributed by atoms with van der Waals surface area (Å²) >= 11 is 5.01. The van der Waals surface area contributed by atoms with Gasteiger partial charge in [0.05, 0.1) is 17.5 Å². The molecule has 0 heterocycles. The van der Waals surface area contributed by atoms with E-state index in [1.54, 1.807) is 0 Å². The molecule has 1 aromatic carbocycles. The number of nitrogens with one attached hydrogen (secondary N) is 1. The molecule has 0 bridgehead atoms. The maximum atomic E-state index is 12.1. The van der Waals surface area contributed by atoms with Crippen LogP contribution in [0.4, 0.5) is 0 Å². The summed E-state index contributed by atoms with van der Waals surface area (Å²) in [5.41, 5.74) is 6.74. The van der Waals surface area contributed by atoms with E-state index >= 15 is 0 Å². The molecule has 0 aliphatic heterocycles. The third-order valence-corrected chi connectivity index (χ3v) is 3.41. The van der Waals surface area contributed by atoms with Crippen molar-refractivity contribution in [2.75, 3.05) is 19.8 Å². The summed E-state index contributed by atoms with van der Waals surface area (Å²) in [7, 11) is 0. The van der Waals surface area contributed by atoms with Crippen LogP contribution in [-0.4, -0.2) is 30.7 Å². The highest BCUT2D eigenvalue weighted by atomic mass is 32.1. The highest BCUT2D eigenvalue weighted by Crippen LogP contribution is 2.09. The third-order valence-electron chi connectivity index (χ3n) is 3.13. The van der Waals surface area contributed by atoms with Crippen LogP contribution >= 0.6 is 12.2 Å². The predicted octanol–water partition coefficient (Wildman–Crippen LogP) is 2.06. The Balaban J connectivity index is 2.38. The van der Waals surface area contributed by atoms with E-state index in [4.69, 9.17) is 22.7 Å². The van der Waals surface area contributed by atoms with Crippen molar-refractivity contribution in [2.24, 2.45) is 11.7 Å². The number of rotatable bonds is 10. The van der Waals surface area contributed by atoms with Crippen molar-refractivity contribution in [2.45, 2.75) is 26.2 Å². The van der Waals surface area contributed by atoms with Crippen molar-refractivity contribution in [1.82, 2.24) is 5.32 Å². The minimum absolute atomic E-state index is 0.134. The number of amides is 1. The van der Waals surface area contributed by atoms with E-state index in [1.807, 2.05) is 30.3 Å². The number of benzene rings is 1. The van der Waals surface area contributed by atoms with Gasteiger partial charge in [0, 0.05) is 13.2 Å². The Morgan fingerprint density at radius 2 is 2.05 bits per heavy atom. The van der Waals surface area contributed by atoms with Gasteiger partial charge in [0.1, 0.15) is 0 Å². The molecule has 1 rings (SSSR count). The van der Waals surface area contributed by atoms with Gasteiger partial charge in [0.25, 0.3) is 0 Å². The van der Waals surface area contributed by atoms with Crippen LogP contribution in [0.5, 0.6) is 0 Å². The lowest BCUT2D eigenvalue weighted by Crippen LogP contribution is -2.40. The van der Waals surface area contributed by atoms with Crippen LogP contribution in [-0.2, 0) is 16.0 Å². The molecule has 116 valence electrons. The van der Waals surface area contributed by atoms with Gasteiger partial charge in [-0.25, -0.2) is 0 Å². The smallest absolute Gasteiger partial charge is 0.230 e. The molecule has 5 heteroatoms. The van der Waals surface area contributed by atoms with E-state index < -0.39 is 5.92 Å². The maximum absolute atomic E-state index is 12.1. The highest BCUT2D eigenvalue weighted by Gasteiger charge is 2.21. The molecule has 0 aliphatic carbocycles. The second-order valence-corrected chi connectivity index (χ2v) is 5.37. The van der Waals surface area contributed by atoms with Crippen molar-refractivity contribution in [3.63, 3.8) is 0 Å². The Labute approximate surface area is 132 Å². The van der Waals surface area contributed by atoms with E-state index in [0.717, 1.165) is 25.0 Å². The first kappa shape index (κ1) is 17.6. The van der Waals surface area contributed by atoms with Gasteiger partial charge in [-0.05, 0) is 18.4 Å². The van der Waals surface area contributed by atoms with Gasteiger partial charge in [-0.1, -0.05) is 55.9 Å². The Kier molecular flexibility index (Phi) is 8.62. The number of ether oxygens (including phenoxy) is 1. The molecule has 0 aromatic heterocycles. The van der Waals surface area contributed by atoms with Gasteiger partial charge in [0.15, 0.2) is 0 Å². The summed E-state index contributed by atoms with van der Waals surface area (Å²) < 4.78 is 5.40. The zero-order chi connectivity index (χ0) is 15.5. The van der Waals surface area contributed by atoms with Gasteiger partial charge < -0.3 is 15.8 Å². The van der Waals surface area contributed by atoms with Crippen molar-refractivity contribution in [1.29, 1.82) is 0 Å². The average Bonchev–Trinajstić information content (AvgIpc) is 2.49. The van der Waals surface area contributed by atoms with Gasteiger partial charge >= 0.3 is 0 Å². The van der Waals surface area contributed by atoms with Crippen molar-refractivity contribution in [3.05, 3.63) is 35.9 Å². The van der Waals surface area contributed by atoms with Gasteiger partial charge in [0.2, 0.25) is 5.91 Å².